The van der Waals surface area contributed by atoms with Gasteiger partial charge in [-0.2, -0.15) is 5.10 Å². The second kappa shape index (κ2) is 10.5. The number of hydrogen-bond donors (Lipinski definition) is 1. The number of rotatable bonds is 8. The normalized spacial score (nSPS) is 12.6. The molecular weight excluding hydrogens is 482 g/mol. The van der Waals surface area contributed by atoms with Gasteiger partial charge in [0.15, 0.2) is 17.3 Å². The van der Waals surface area contributed by atoms with Crippen LogP contribution >= 0.6 is 15.9 Å². The highest BCUT2D eigenvalue weighted by Crippen LogP contribution is 2.33. The number of nitrogens with one attached hydrogen (secondary N) is 1. The molecule has 0 radical (unpaired) electrons. The zero-order valence-electron chi connectivity index (χ0n) is 18.9. The molecule has 0 unspecified atom stereocenters. The molecule has 4 rings (SSSR count). The number of hydrogen-bond acceptors (Lipinski definition) is 6. The largest absolute Gasteiger partial charge is 0.494 e. The first-order valence-corrected chi connectivity index (χ1v) is 11.8. The Bertz CT molecular complexity index is 1190. The predicted molar refractivity (Wildman–Crippen MR) is 136 cm³/mol. The molecular formula is C26H26BrN3O3. The van der Waals surface area contributed by atoms with Gasteiger partial charge < -0.3 is 14.2 Å². The van der Waals surface area contributed by atoms with Gasteiger partial charge >= 0.3 is 0 Å². The summed E-state index contributed by atoms with van der Waals surface area (Å²) in [5, 5.41) is 4.77. The quantitative estimate of drug-likeness (QED) is 0.401. The van der Waals surface area contributed by atoms with E-state index >= 15 is 0 Å². The van der Waals surface area contributed by atoms with Crippen LogP contribution < -0.4 is 19.6 Å². The Balaban J connectivity index is 1.83. The molecule has 0 amide bonds. The average Bonchev–Trinajstić information content (AvgIpc) is 3.01. The Morgan fingerprint density at radius 2 is 1.45 bits per heavy atom. The topological polar surface area (TPSA) is 64.4 Å². The maximum absolute atomic E-state index is 5.85. The fraction of sp³-hybridized carbons (Fsp3) is 0.231. The molecule has 33 heavy (non-hydrogen) atoms. The number of halogens is 1. The second-order valence-corrected chi connectivity index (χ2v) is 8.09. The van der Waals surface area contributed by atoms with Crippen molar-refractivity contribution >= 4 is 33.2 Å². The lowest BCUT2D eigenvalue weighted by Crippen LogP contribution is -2.19. The SMILES string of the molecule is CCOc1ccc2c(c1)C(c1ccc(OCC)c(OCC)c1)=NNC(c1ccc(Br)cc1)=N2. The smallest absolute Gasteiger partial charge is 0.161 e. The van der Waals surface area contributed by atoms with E-state index in [4.69, 9.17) is 24.3 Å². The summed E-state index contributed by atoms with van der Waals surface area (Å²) in [7, 11) is 0. The van der Waals surface area contributed by atoms with Crippen LogP contribution in [-0.2, 0) is 0 Å². The maximum atomic E-state index is 5.85. The molecule has 0 saturated heterocycles. The van der Waals surface area contributed by atoms with Crippen LogP contribution in [0.15, 0.2) is 75.2 Å². The van der Waals surface area contributed by atoms with Crippen molar-refractivity contribution in [3.8, 4) is 17.2 Å². The van der Waals surface area contributed by atoms with Crippen molar-refractivity contribution in [3.05, 3.63) is 81.8 Å². The van der Waals surface area contributed by atoms with E-state index in [0.717, 1.165) is 38.3 Å². The number of aliphatic imine (C=N–C) groups is 1. The molecule has 1 aliphatic heterocycles. The third-order valence-electron chi connectivity index (χ3n) is 4.97. The van der Waals surface area contributed by atoms with E-state index in [1.807, 2.05) is 81.4 Å². The van der Waals surface area contributed by atoms with Crippen LogP contribution in [0.2, 0.25) is 0 Å². The Morgan fingerprint density at radius 3 is 2.18 bits per heavy atom. The number of hydrazone groups is 1. The number of fused-ring (bicyclic) bond motifs is 1. The number of amidine groups is 1. The molecule has 7 heteroatoms. The molecule has 1 aliphatic rings. The zero-order chi connectivity index (χ0) is 23.2. The standard InChI is InChI=1S/C26H26BrN3O3/c1-4-31-20-12-13-22-21(16-20)25(18-9-14-23(32-5-2)24(15-18)33-6-3)29-30-26(28-22)17-7-10-19(27)11-8-17/h7-16H,4-6H2,1-3H3,(H,28,30). The van der Waals surface area contributed by atoms with E-state index in [2.05, 4.69) is 21.4 Å². The van der Waals surface area contributed by atoms with Crippen molar-refractivity contribution in [2.24, 2.45) is 10.1 Å². The van der Waals surface area contributed by atoms with Gasteiger partial charge in [-0.25, -0.2) is 4.99 Å². The third kappa shape index (κ3) is 5.20. The Labute approximate surface area is 202 Å². The summed E-state index contributed by atoms with van der Waals surface area (Å²) in [6, 6.07) is 19.7. The molecule has 1 heterocycles. The van der Waals surface area contributed by atoms with Crippen LogP contribution in [0.5, 0.6) is 17.2 Å². The number of benzene rings is 3. The third-order valence-corrected chi connectivity index (χ3v) is 5.50. The molecule has 0 bridgehead atoms. The van der Waals surface area contributed by atoms with Gasteiger partial charge in [-0.3, -0.25) is 5.43 Å². The second-order valence-electron chi connectivity index (χ2n) is 7.18. The van der Waals surface area contributed by atoms with E-state index in [0.29, 0.717) is 37.2 Å². The van der Waals surface area contributed by atoms with E-state index in [1.165, 1.54) is 0 Å². The maximum Gasteiger partial charge on any atom is 0.161 e. The van der Waals surface area contributed by atoms with Crippen LogP contribution in [0.3, 0.4) is 0 Å². The highest BCUT2D eigenvalue weighted by molar-refractivity contribution is 9.10. The molecule has 0 spiro atoms. The monoisotopic (exact) mass is 507 g/mol. The van der Waals surface area contributed by atoms with Crippen LogP contribution in [-0.4, -0.2) is 31.4 Å². The molecule has 0 atom stereocenters. The van der Waals surface area contributed by atoms with Gasteiger partial charge in [-0.15, -0.1) is 0 Å². The van der Waals surface area contributed by atoms with Crippen molar-refractivity contribution in [1.29, 1.82) is 0 Å². The van der Waals surface area contributed by atoms with E-state index in [9.17, 15) is 0 Å². The molecule has 0 fully saturated rings. The Hall–Kier alpha value is -3.32. The summed E-state index contributed by atoms with van der Waals surface area (Å²) >= 11 is 3.49. The Kier molecular flexibility index (Phi) is 7.29. The lowest BCUT2D eigenvalue weighted by Gasteiger charge is -2.14. The molecule has 6 nitrogen and oxygen atoms in total. The van der Waals surface area contributed by atoms with Gasteiger partial charge in [0.1, 0.15) is 11.5 Å². The molecule has 0 aliphatic carbocycles. The van der Waals surface area contributed by atoms with Crippen molar-refractivity contribution in [3.63, 3.8) is 0 Å². The summed E-state index contributed by atoms with van der Waals surface area (Å²) in [5.74, 6) is 2.82. The highest BCUT2D eigenvalue weighted by Gasteiger charge is 2.20. The highest BCUT2D eigenvalue weighted by atomic mass is 79.9. The van der Waals surface area contributed by atoms with Crippen LogP contribution in [0.4, 0.5) is 5.69 Å². The lowest BCUT2D eigenvalue weighted by atomic mass is 10.00. The first-order valence-electron chi connectivity index (χ1n) is 11.0. The fourth-order valence-corrected chi connectivity index (χ4v) is 3.79. The molecule has 170 valence electrons. The van der Waals surface area contributed by atoms with Crippen molar-refractivity contribution in [2.75, 3.05) is 19.8 Å². The summed E-state index contributed by atoms with van der Waals surface area (Å²) in [5.41, 5.74) is 7.39. The van der Waals surface area contributed by atoms with Crippen LogP contribution in [0.25, 0.3) is 0 Å². The van der Waals surface area contributed by atoms with Crippen molar-refractivity contribution < 1.29 is 14.2 Å². The first-order chi connectivity index (χ1) is 16.1. The van der Waals surface area contributed by atoms with Crippen LogP contribution in [0.1, 0.15) is 37.5 Å². The lowest BCUT2D eigenvalue weighted by molar-refractivity contribution is 0.287. The molecule has 3 aromatic rings. The molecule has 1 N–H and O–H groups in total. The van der Waals surface area contributed by atoms with Gasteiger partial charge in [0.05, 0.1) is 25.5 Å². The molecule has 0 saturated carbocycles. The fourth-order valence-electron chi connectivity index (χ4n) is 3.53. The van der Waals surface area contributed by atoms with E-state index in [1.54, 1.807) is 0 Å². The number of ether oxygens (including phenoxy) is 3. The van der Waals surface area contributed by atoms with Gasteiger partial charge in [0.2, 0.25) is 0 Å². The van der Waals surface area contributed by atoms with Gasteiger partial charge in [-0.05, 0) is 69.3 Å². The van der Waals surface area contributed by atoms with Crippen molar-refractivity contribution in [1.82, 2.24) is 5.43 Å². The molecule has 0 aromatic heterocycles. The summed E-state index contributed by atoms with van der Waals surface area (Å²) in [6.07, 6.45) is 0. The van der Waals surface area contributed by atoms with E-state index in [-0.39, 0.29) is 0 Å². The van der Waals surface area contributed by atoms with Gasteiger partial charge in [0.25, 0.3) is 0 Å². The summed E-state index contributed by atoms with van der Waals surface area (Å²) < 4.78 is 18.3. The Morgan fingerprint density at radius 1 is 0.758 bits per heavy atom. The van der Waals surface area contributed by atoms with Crippen molar-refractivity contribution in [2.45, 2.75) is 20.8 Å². The van der Waals surface area contributed by atoms with E-state index < -0.39 is 0 Å². The molecule has 3 aromatic carbocycles. The predicted octanol–water partition coefficient (Wildman–Crippen LogP) is 6.08. The summed E-state index contributed by atoms with van der Waals surface area (Å²) in [4.78, 5) is 4.89. The zero-order valence-corrected chi connectivity index (χ0v) is 20.5. The minimum atomic E-state index is 0.538. The van der Waals surface area contributed by atoms with Gasteiger partial charge in [-0.1, -0.05) is 28.1 Å². The average molecular weight is 508 g/mol. The minimum absolute atomic E-state index is 0.538. The van der Waals surface area contributed by atoms with Crippen LogP contribution in [0, 0.1) is 0 Å². The minimum Gasteiger partial charge on any atom is -0.494 e. The first kappa shape index (κ1) is 22.9. The number of nitrogens with zero attached hydrogens (tertiary/aromatic N) is 2. The van der Waals surface area contributed by atoms with Gasteiger partial charge in [0, 0.05) is 21.2 Å². The summed E-state index contributed by atoms with van der Waals surface area (Å²) in [6.45, 7) is 7.55.